The minimum absolute atomic E-state index is 0.121. The number of nitrogens with zero attached hydrogens (tertiary/aromatic N) is 6. The highest BCUT2D eigenvalue weighted by Gasteiger charge is 2.21. The molecule has 0 spiro atoms. The van der Waals surface area contributed by atoms with Crippen LogP contribution in [0.25, 0.3) is 16.6 Å². The van der Waals surface area contributed by atoms with E-state index < -0.39 is 6.09 Å². The Kier molecular flexibility index (Phi) is 7.01. The van der Waals surface area contributed by atoms with Crippen molar-refractivity contribution < 1.29 is 14.6 Å². The van der Waals surface area contributed by atoms with Gasteiger partial charge >= 0.3 is 6.09 Å². The van der Waals surface area contributed by atoms with Crippen LogP contribution in [0.1, 0.15) is 37.4 Å². The zero-order valence-corrected chi connectivity index (χ0v) is 19.8. The van der Waals surface area contributed by atoms with Crippen LogP contribution in [0.3, 0.4) is 0 Å². The Morgan fingerprint density at radius 1 is 1.38 bits per heavy atom. The second-order valence-electron chi connectivity index (χ2n) is 7.94. The molecule has 4 N–H and O–H groups in total. The number of nitrogens with one attached hydrogen (secondary N) is 1. The van der Waals surface area contributed by atoms with Gasteiger partial charge in [-0.2, -0.15) is 10.1 Å². The summed E-state index contributed by atoms with van der Waals surface area (Å²) in [6.07, 6.45) is 5.38. The van der Waals surface area contributed by atoms with Crippen LogP contribution in [-0.2, 0) is 6.54 Å². The lowest BCUT2D eigenvalue weighted by Crippen LogP contribution is -2.33. The number of pyridine rings is 1. The van der Waals surface area contributed by atoms with Gasteiger partial charge in [0.25, 0.3) is 0 Å². The van der Waals surface area contributed by atoms with Crippen molar-refractivity contribution in [3.05, 3.63) is 34.7 Å². The molecule has 1 aliphatic rings. The van der Waals surface area contributed by atoms with Gasteiger partial charge in [0.15, 0.2) is 11.0 Å². The molecule has 0 unspecified atom stereocenters. The number of carboxylic acid groups (broad SMARTS) is 1. The Balaban J connectivity index is 1.65. The maximum atomic E-state index is 11.2. The molecular formula is C22H27ClN8O3. The third kappa shape index (κ3) is 4.84. The van der Waals surface area contributed by atoms with Crippen molar-refractivity contribution >= 4 is 46.1 Å². The third-order valence-electron chi connectivity index (χ3n) is 5.69. The molecule has 1 amide bonds. The van der Waals surface area contributed by atoms with E-state index in [4.69, 9.17) is 27.2 Å². The molecule has 1 aliphatic heterocycles. The molecule has 180 valence electrons. The number of amides is 1. The molecule has 4 heterocycles. The summed E-state index contributed by atoms with van der Waals surface area (Å²) >= 11 is 6.37. The lowest BCUT2D eigenvalue weighted by molar-refractivity contribution is 0.150. The van der Waals surface area contributed by atoms with Crippen molar-refractivity contribution in [2.24, 2.45) is 0 Å². The van der Waals surface area contributed by atoms with Crippen LogP contribution >= 0.6 is 11.6 Å². The van der Waals surface area contributed by atoms with E-state index in [1.165, 1.54) is 4.90 Å². The predicted molar refractivity (Wildman–Crippen MR) is 130 cm³/mol. The van der Waals surface area contributed by atoms with Gasteiger partial charge in [-0.25, -0.2) is 9.78 Å². The summed E-state index contributed by atoms with van der Waals surface area (Å²) in [5.41, 5.74) is 9.59. The average Bonchev–Trinajstić information content (AvgIpc) is 3.14. The van der Waals surface area contributed by atoms with Crippen LogP contribution in [0.15, 0.2) is 18.3 Å². The number of ether oxygens (including phenoxy) is 1. The fraction of sp³-hybridized carbons (Fsp3) is 0.409. The number of hydrogen-bond acceptors (Lipinski definition) is 8. The molecule has 0 aromatic carbocycles. The third-order valence-corrected chi connectivity index (χ3v) is 5.94. The van der Waals surface area contributed by atoms with Crippen LogP contribution in [0.5, 0.6) is 5.75 Å². The number of nitrogen functional groups attached to an aromatic ring is 1. The number of anilines is 2. The van der Waals surface area contributed by atoms with Crippen LogP contribution < -0.4 is 15.8 Å². The molecule has 0 radical (unpaired) electrons. The summed E-state index contributed by atoms with van der Waals surface area (Å²) in [5, 5.41) is 17.1. The van der Waals surface area contributed by atoms with E-state index in [0.717, 1.165) is 30.5 Å². The second kappa shape index (κ2) is 10.1. The molecule has 34 heavy (non-hydrogen) atoms. The topological polar surface area (TPSA) is 144 Å². The molecule has 3 aromatic heterocycles. The van der Waals surface area contributed by atoms with Crippen molar-refractivity contribution in [1.29, 1.82) is 0 Å². The zero-order chi connectivity index (χ0) is 24.2. The van der Waals surface area contributed by atoms with Gasteiger partial charge in [-0.3, -0.25) is 9.67 Å². The van der Waals surface area contributed by atoms with Gasteiger partial charge in [0, 0.05) is 25.8 Å². The average molecular weight is 487 g/mol. The lowest BCUT2D eigenvalue weighted by atomic mass is 10.0. The molecule has 4 rings (SSSR count). The van der Waals surface area contributed by atoms with Gasteiger partial charge in [-0.15, -0.1) is 0 Å². The molecule has 11 nitrogen and oxygen atoms in total. The molecule has 0 atom stereocenters. The summed E-state index contributed by atoms with van der Waals surface area (Å²) in [5.74, 6) is 1.28. The first-order chi connectivity index (χ1) is 16.4. The summed E-state index contributed by atoms with van der Waals surface area (Å²) in [6, 6.07) is 1.91. The van der Waals surface area contributed by atoms with Crippen molar-refractivity contribution in [1.82, 2.24) is 29.6 Å². The second-order valence-corrected chi connectivity index (χ2v) is 8.30. The van der Waals surface area contributed by atoms with Crippen molar-refractivity contribution in [3.63, 3.8) is 0 Å². The minimum Gasteiger partial charge on any atom is -0.495 e. The fourth-order valence-corrected chi connectivity index (χ4v) is 4.10. The van der Waals surface area contributed by atoms with E-state index in [0.29, 0.717) is 47.8 Å². The molecule has 12 heteroatoms. The highest BCUT2D eigenvalue weighted by Crippen LogP contribution is 2.31. The number of fused-ring (bicyclic) bond motifs is 1. The molecule has 0 saturated carbocycles. The maximum absolute atomic E-state index is 11.2. The molecule has 0 saturated heterocycles. The number of nitrogens with two attached hydrogens (primary N) is 1. The molecule has 0 fully saturated rings. The Morgan fingerprint density at radius 3 is 2.88 bits per heavy atom. The number of halogens is 1. The molecular weight excluding hydrogens is 460 g/mol. The van der Waals surface area contributed by atoms with E-state index in [9.17, 15) is 4.79 Å². The van der Waals surface area contributed by atoms with Crippen LogP contribution in [-0.4, -0.2) is 67.6 Å². The highest BCUT2D eigenvalue weighted by molar-refractivity contribution is 6.34. The summed E-state index contributed by atoms with van der Waals surface area (Å²) in [4.78, 5) is 25.8. The summed E-state index contributed by atoms with van der Waals surface area (Å²) in [7, 11) is 1.58. The van der Waals surface area contributed by atoms with E-state index in [2.05, 4.69) is 32.3 Å². The fourth-order valence-electron chi connectivity index (χ4n) is 3.88. The van der Waals surface area contributed by atoms with E-state index in [1.54, 1.807) is 18.0 Å². The van der Waals surface area contributed by atoms with E-state index in [-0.39, 0.29) is 17.6 Å². The lowest BCUT2D eigenvalue weighted by Gasteiger charge is -2.24. The Bertz CT molecular complexity index is 1240. The first-order valence-electron chi connectivity index (χ1n) is 11.0. The van der Waals surface area contributed by atoms with Gasteiger partial charge in [0.1, 0.15) is 22.5 Å². The van der Waals surface area contributed by atoms with Crippen LogP contribution in [0.2, 0.25) is 5.15 Å². The van der Waals surface area contributed by atoms with Gasteiger partial charge < -0.3 is 25.8 Å². The molecule has 0 bridgehead atoms. The largest absolute Gasteiger partial charge is 0.495 e. The van der Waals surface area contributed by atoms with Crippen molar-refractivity contribution in [3.8, 4) is 5.75 Å². The van der Waals surface area contributed by atoms with E-state index in [1.807, 2.05) is 12.1 Å². The minimum atomic E-state index is -0.916. The summed E-state index contributed by atoms with van der Waals surface area (Å²) < 4.78 is 7.32. The number of hydrogen-bond donors (Lipinski definition) is 3. The summed E-state index contributed by atoms with van der Waals surface area (Å²) in [6.45, 7) is 3.92. The number of unbranched alkanes of at least 4 members (excludes halogenated alkanes) is 1. The van der Waals surface area contributed by atoms with Gasteiger partial charge in [-0.1, -0.05) is 31.0 Å². The Labute approximate surface area is 201 Å². The maximum Gasteiger partial charge on any atom is 0.407 e. The number of rotatable bonds is 8. The van der Waals surface area contributed by atoms with Crippen LogP contribution in [0, 0.1) is 0 Å². The number of aromatic nitrogens is 5. The zero-order valence-electron chi connectivity index (χ0n) is 19.1. The normalized spacial score (nSPS) is 13.7. The SMILES string of the molecule is CCCCNc1nc(N)nc2c(Cl)nn(Cc3ncc(C4=CCN(C(=O)O)CC4)cc3OC)c12. The standard InChI is InChI=1S/C22H27ClN8O3/c1-3-4-7-25-20-18-17(27-21(24)28-20)19(23)29-31(18)12-15-16(34-2)10-14(11-26-15)13-5-8-30(9-6-13)22(32)33/h5,10-11H,3-4,6-9,12H2,1-2H3,(H,32,33)(H3,24,25,27,28). The predicted octanol–water partition coefficient (Wildman–Crippen LogP) is 3.49. The first-order valence-corrected chi connectivity index (χ1v) is 11.4. The number of carbonyl (C=O) groups is 1. The Morgan fingerprint density at radius 2 is 2.21 bits per heavy atom. The number of methoxy groups -OCH3 is 1. The van der Waals surface area contributed by atoms with Gasteiger partial charge in [0.2, 0.25) is 5.95 Å². The van der Waals surface area contributed by atoms with Gasteiger partial charge in [0.05, 0.1) is 13.7 Å². The molecule has 3 aromatic rings. The smallest absolute Gasteiger partial charge is 0.407 e. The van der Waals surface area contributed by atoms with Crippen molar-refractivity contribution in [2.75, 3.05) is 37.8 Å². The van der Waals surface area contributed by atoms with E-state index >= 15 is 0 Å². The van der Waals surface area contributed by atoms with Gasteiger partial charge in [-0.05, 0) is 30.0 Å². The Hall–Kier alpha value is -3.60. The molecule has 0 aliphatic carbocycles. The van der Waals surface area contributed by atoms with Crippen LogP contribution in [0.4, 0.5) is 16.6 Å². The quantitative estimate of drug-likeness (QED) is 0.407. The first kappa shape index (κ1) is 23.6. The monoisotopic (exact) mass is 486 g/mol. The van der Waals surface area contributed by atoms with Crippen molar-refractivity contribution in [2.45, 2.75) is 32.7 Å². The highest BCUT2D eigenvalue weighted by atomic mass is 35.5.